The molecule has 0 unspecified atom stereocenters. The molecule has 2 aromatic heterocycles. The summed E-state index contributed by atoms with van der Waals surface area (Å²) in [6, 6.07) is 5.47. The van der Waals surface area contributed by atoms with Gasteiger partial charge in [0.25, 0.3) is 0 Å². The lowest BCUT2D eigenvalue weighted by Gasteiger charge is -2.26. The van der Waals surface area contributed by atoms with E-state index in [-0.39, 0.29) is 6.04 Å². The molecule has 0 atom stereocenters. The molecule has 1 fully saturated rings. The summed E-state index contributed by atoms with van der Waals surface area (Å²) in [6.07, 6.45) is 9.70. The van der Waals surface area contributed by atoms with Crippen LogP contribution in [0.15, 0.2) is 36.8 Å². The van der Waals surface area contributed by atoms with E-state index in [9.17, 15) is 13.2 Å². The van der Waals surface area contributed by atoms with E-state index >= 15 is 0 Å². The summed E-state index contributed by atoms with van der Waals surface area (Å²) < 4.78 is 28.9. The van der Waals surface area contributed by atoms with Crippen LogP contribution in [-0.2, 0) is 27.8 Å². The topological polar surface area (TPSA) is 106 Å². The lowest BCUT2D eigenvalue weighted by atomic mass is 9.88. The molecule has 0 bridgehead atoms. The van der Waals surface area contributed by atoms with Gasteiger partial charge in [-0.15, -0.1) is 0 Å². The number of hydrogen-bond donors (Lipinski definition) is 2. The summed E-state index contributed by atoms with van der Waals surface area (Å²) in [5.74, 6) is -0.196. The molecule has 9 heteroatoms. The quantitative estimate of drug-likeness (QED) is 0.698. The first-order chi connectivity index (χ1) is 13.4. The van der Waals surface area contributed by atoms with Crippen LogP contribution in [0, 0.1) is 5.92 Å². The van der Waals surface area contributed by atoms with Gasteiger partial charge in [0.05, 0.1) is 0 Å². The van der Waals surface area contributed by atoms with Gasteiger partial charge in [-0.3, -0.25) is 14.5 Å². The van der Waals surface area contributed by atoms with Crippen LogP contribution in [0.4, 0.5) is 5.82 Å². The number of carbonyl (C=O) groups excluding carboxylic acids is 1. The number of aromatic nitrogens is 3. The van der Waals surface area contributed by atoms with E-state index in [1.807, 2.05) is 12.1 Å². The van der Waals surface area contributed by atoms with E-state index in [2.05, 4.69) is 27.0 Å². The Bertz CT molecular complexity index is 874. The molecule has 0 aromatic carbocycles. The van der Waals surface area contributed by atoms with Gasteiger partial charge in [-0.25, -0.2) is 13.1 Å². The maximum absolute atomic E-state index is 12.2. The lowest BCUT2D eigenvalue weighted by molar-refractivity contribution is -0.113. The molecular weight excluding hydrogens is 378 g/mol. The van der Waals surface area contributed by atoms with Crippen LogP contribution >= 0.6 is 0 Å². The normalized spacial score (nSPS) is 20.0. The summed E-state index contributed by atoms with van der Waals surface area (Å²) >= 11 is 0. The third-order valence-corrected chi connectivity index (χ3v) is 6.30. The molecular formula is C19H27N5O3S. The minimum Gasteiger partial charge on any atom is -0.308 e. The highest BCUT2D eigenvalue weighted by Gasteiger charge is 2.25. The molecule has 0 radical (unpaired) electrons. The van der Waals surface area contributed by atoms with E-state index in [1.165, 1.54) is 0 Å². The molecule has 8 nitrogen and oxygen atoms in total. The Balaban J connectivity index is 1.46. The lowest BCUT2D eigenvalue weighted by Crippen LogP contribution is -2.41. The molecule has 28 heavy (non-hydrogen) atoms. The Labute approximate surface area is 165 Å². The van der Waals surface area contributed by atoms with Crippen LogP contribution in [-0.4, -0.2) is 40.9 Å². The Morgan fingerprint density at radius 1 is 1.18 bits per heavy atom. The van der Waals surface area contributed by atoms with Gasteiger partial charge < -0.3 is 5.32 Å². The zero-order valence-corrected chi connectivity index (χ0v) is 16.9. The van der Waals surface area contributed by atoms with Gasteiger partial charge >= 0.3 is 0 Å². The standard InChI is InChI=1S/C19H27N5O3S/c1-15-2-4-17(5-3-15)23-28(26,27)14-19(25)21-18-9-13-24(22-18)12-8-16-6-10-20-11-7-16/h6-7,9-11,13,15,17,23H,2-5,8,12,14H2,1H3,(H,21,22,25). The van der Waals surface area contributed by atoms with E-state index in [1.54, 1.807) is 29.3 Å². The molecule has 2 N–H and O–H groups in total. The van der Waals surface area contributed by atoms with Gasteiger partial charge in [0.1, 0.15) is 5.75 Å². The van der Waals surface area contributed by atoms with Gasteiger partial charge in [-0.1, -0.05) is 6.92 Å². The number of nitrogens with one attached hydrogen (secondary N) is 2. The molecule has 0 aliphatic heterocycles. The number of sulfonamides is 1. The average molecular weight is 406 g/mol. The maximum atomic E-state index is 12.2. The van der Waals surface area contributed by atoms with E-state index < -0.39 is 21.7 Å². The first kappa shape index (κ1) is 20.5. The zero-order chi connectivity index (χ0) is 20.0. The molecule has 152 valence electrons. The highest BCUT2D eigenvalue weighted by molar-refractivity contribution is 7.90. The number of pyridine rings is 1. The fourth-order valence-corrected chi connectivity index (χ4v) is 4.62. The van der Waals surface area contributed by atoms with E-state index in [0.717, 1.165) is 37.7 Å². The van der Waals surface area contributed by atoms with Gasteiger partial charge in [0.15, 0.2) is 5.82 Å². The number of amides is 1. The summed E-state index contributed by atoms with van der Waals surface area (Å²) in [6.45, 7) is 2.83. The van der Waals surface area contributed by atoms with Crippen molar-refractivity contribution >= 4 is 21.7 Å². The molecule has 2 aromatic rings. The number of rotatable bonds is 8. The Kier molecular flexibility index (Phi) is 6.79. The third kappa shape index (κ3) is 6.42. The largest absolute Gasteiger partial charge is 0.308 e. The fourth-order valence-electron chi connectivity index (χ4n) is 3.37. The monoisotopic (exact) mass is 405 g/mol. The average Bonchev–Trinajstić information content (AvgIpc) is 3.09. The van der Waals surface area contributed by atoms with Crippen molar-refractivity contribution in [1.82, 2.24) is 19.5 Å². The van der Waals surface area contributed by atoms with Crippen molar-refractivity contribution < 1.29 is 13.2 Å². The first-order valence-electron chi connectivity index (χ1n) is 9.62. The van der Waals surface area contributed by atoms with Crippen molar-refractivity contribution in [3.05, 3.63) is 42.4 Å². The molecule has 3 rings (SSSR count). The number of hydrogen-bond acceptors (Lipinski definition) is 5. The minimum absolute atomic E-state index is 0.0682. The molecule has 0 saturated heterocycles. The minimum atomic E-state index is -3.66. The van der Waals surface area contributed by atoms with Crippen molar-refractivity contribution in [2.45, 2.75) is 51.6 Å². The number of anilines is 1. The second-order valence-electron chi connectivity index (χ2n) is 7.45. The van der Waals surface area contributed by atoms with Crippen LogP contribution in [0.2, 0.25) is 0 Å². The van der Waals surface area contributed by atoms with Crippen molar-refractivity contribution in [2.24, 2.45) is 5.92 Å². The van der Waals surface area contributed by atoms with Gasteiger partial charge in [0, 0.05) is 37.2 Å². The molecule has 1 aliphatic rings. The second-order valence-corrected chi connectivity index (χ2v) is 9.21. The SMILES string of the molecule is CC1CCC(NS(=O)(=O)CC(=O)Nc2ccn(CCc3ccncc3)n2)CC1. The van der Waals surface area contributed by atoms with Gasteiger partial charge in [-0.05, 0) is 55.7 Å². The highest BCUT2D eigenvalue weighted by Crippen LogP contribution is 2.23. The van der Waals surface area contributed by atoms with E-state index in [4.69, 9.17) is 0 Å². The van der Waals surface area contributed by atoms with Crippen molar-refractivity contribution in [2.75, 3.05) is 11.1 Å². The summed E-state index contributed by atoms with van der Waals surface area (Å²) in [5, 5.41) is 6.83. The predicted octanol–water partition coefficient (Wildman–Crippen LogP) is 1.96. The maximum Gasteiger partial charge on any atom is 0.242 e. The summed E-state index contributed by atoms with van der Waals surface area (Å²) in [5.41, 5.74) is 1.14. The zero-order valence-electron chi connectivity index (χ0n) is 16.0. The molecule has 1 aliphatic carbocycles. The Morgan fingerprint density at radius 3 is 2.61 bits per heavy atom. The summed E-state index contributed by atoms with van der Waals surface area (Å²) in [7, 11) is -3.66. The first-order valence-corrected chi connectivity index (χ1v) is 11.3. The van der Waals surface area contributed by atoms with Crippen molar-refractivity contribution in [3.8, 4) is 0 Å². The van der Waals surface area contributed by atoms with Crippen LogP contribution < -0.4 is 10.0 Å². The molecule has 0 spiro atoms. The molecule has 2 heterocycles. The third-order valence-electron chi connectivity index (χ3n) is 4.97. The van der Waals surface area contributed by atoms with E-state index in [0.29, 0.717) is 18.3 Å². The molecule has 1 amide bonds. The van der Waals surface area contributed by atoms with Gasteiger partial charge in [-0.2, -0.15) is 5.10 Å². The molecule has 1 saturated carbocycles. The highest BCUT2D eigenvalue weighted by atomic mass is 32.2. The van der Waals surface area contributed by atoms with Crippen LogP contribution in [0.3, 0.4) is 0 Å². The summed E-state index contributed by atoms with van der Waals surface area (Å²) in [4.78, 5) is 16.1. The van der Waals surface area contributed by atoms with Gasteiger partial charge in [0.2, 0.25) is 15.9 Å². The Morgan fingerprint density at radius 2 is 1.89 bits per heavy atom. The van der Waals surface area contributed by atoms with Crippen LogP contribution in [0.25, 0.3) is 0 Å². The van der Waals surface area contributed by atoms with Crippen LogP contribution in [0.1, 0.15) is 38.2 Å². The fraction of sp³-hybridized carbons (Fsp3) is 0.526. The smallest absolute Gasteiger partial charge is 0.242 e. The predicted molar refractivity (Wildman–Crippen MR) is 107 cm³/mol. The number of nitrogens with zero attached hydrogens (tertiary/aromatic N) is 3. The second kappa shape index (κ2) is 9.29. The Hall–Kier alpha value is -2.26. The van der Waals surface area contributed by atoms with Crippen molar-refractivity contribution in [1.29, 1.82) is 0 Å². The van der Waals surface area contributed by atoms with Crippen molar-refractivity contribution in [3.63, 3.8) is 0 Å². The van der Waals surface area contributed by atoms with Crippen LogP contribution in [0.5, 0.6) is 0 Å². The number of carbonyl (C=O) groups is 1. The number of aryl methyl sites for hydroxylation is 2.